The van der Waals surface area contributed by atoms with E-state index in [2.05, 4.69) is 171 Å². The molecular weight excluding hydrogens is 692 g/mol. The lowest BCUT2D eigenvalue weighted by atomic mass is 9.83. The van der Waals surface area contributed by atoms with E-state index in [1.54, 1.807) is 0 Å². The Morgan fingerprint density at radius 3 is 1.89 bits per heavy atom. The minimum absolute atomic E-state index is 0.194. The normalized spacial score (nSPS) is 12.8. The van der Waals surface area contributed by atoms with E-state index >= 15 is 0 Å². The minimum Gasteiger partial charge on any atom is -0.294 e. The summed E-state index contributed by atoms with van der Waals surface area (Å²) in [6, 6.07) is 44.9. The Morgan fingerprint density at radius 2 is 1.22 bits per heavy atom. The summed E-state index contributed by atoms with van der Waals surface area (Å²) in [7, 11) is 0. The third-order valence-corrected chi connectivity index (χ3v) is 10.3. The summed E-state index contributed by atoms with van der Waals surface area (Å²) < 4.78 is 2.11. The summed E-state index contributed by atoms with van der Waals surface area (Å²) in [5.41, 5.74) is 15.9. The molecule has 0 fully saturated rings. The molecule has 0 heterocycles. The van der Waals surface area contributed by atoms with E-state index in [0.717, 1.165) is 54.3 Å². The number of fused-ring (bicyclic) bond motifs is 5. The van der Waals surface area contributed by atoms with Crippen LogP contribution in [0.1, 0.15) is 50.2 Å². The lowest BCUT2D eigenvalue weighted by Crippen LogP contribution is -2.10. The average molecular weight is 721 g/mol. The van der Waals surface area contributed by atoms with Crippen molar-refractivity contribution in [2.75, 3.05) is 0 Å². The first kappa shape index (κ1) is 28.9. The largest absolute Gasteiger partial charge is 0.294 e. The van der Waals surface area contributed by atoms with Crippen LogP contribution >= 0.6 is 31.9 Å². The molecule has 6 aromatic rings. The summed E-state index contributed by atoms with van der Waals surface area (Å²) in [5, 5.41) is 0. The molecule has 2 aliphatic carbocycles. The number of carbonyl (C=O) groups is 1. The van der Waals surface area contributed by atoms with Crippen LogP contribution in [-0.2, 0) is 6.42 Å². The van der Waals surface area contributed by atoms with Gasteiger partial charge in [-0.2, -0.15) is 0 Å². The predicted octanol–water partition coefficient (Wildman–Crippen LogP) is 12.3. The van der Waals surface area contributed by atoms with Crippen molar-refractivity contribution in [1.29, 1.82) is 0 Å². The van der Waals surface area contributed by atoms with Crippen molar-refractivity contribution in [1.82, 2.24) is 0 Å². The van der Waals surface area contributed by atoms with Gasteiger partial charge >= 0.3 is 0 Å². The number of ketones is 1. The molecule has 46 heavy (non-hydrogen) atoms. The van der Waals surface area contributed by atoms with Crippen LogP contribution in [0.25, 0.3) is 51.1 Å². The summed E-state index contributed by atoms with van der Waals surface area (Å²) in [4.78, 5) is 13.6. The van der Waals surface area contributed by atoms with Crippen molar-refractivity contribution in [3.63, 3.8) is 0 Å². The van der Waals surface area contributed by atoms with Gasteiger partial charge in [0.1, 0.15) is 0 Å². The molecule has 0 amide bonds. The Labute approximate surface area is 286 Å². The van der Waals surface area contributed by atoms with Gasteiger partial charge < -0.3 is 0 Å². The van der Waals surface area contributed by atoms with Gasteiger partial charge in [0, 0.05) is 32.9 Å². The maximum absolute atomic E-state index is 13.6. The molecule has 0 unspecified atom stereocenters. The number of hydrogen-bond donors (Lipinski definition) is 0. The molecule has 8 rings (SSSR count). The molecular formula is C43H28Br2O. The summed E-state index contributed by atoms with van der Waals surface area (Å²) in [6.45, 7) is 0. The quantitative estimate of drug-likeness (QED) is 0.162. The first-order chi connectivity index (χ1) is 22.5. The van der Waals surface area contributed by atoms with E-state index in [-0.39, 0.29) is 5.78 Å². The Hall–Kier alpha value is -4.57. The van der Waals surface area contributed by atoms with Crippen molar-refractivity contribution in [3.05, 3.63) is 181 Å². The summed E-state index contributed by atoms with van der Waals surface area (Å²) in [5.74, 6) is 0.194. The standard InChI is InChI=1S/C43H28Br2O/c44-32-20-18-30(19-21-32)33-22-23-40(45)42-37(33)26-39-38(42)25-36(34-12-7-13-41(46)43(34)39)31-16-14-27(15-17-31)24-35(28-8-3-1-4-9-28)29-10-5-2-6-11-29/h1-12,14-25H,13,26H2. The lowest BCUT2D eigenvalue weighted by molar-refractivity contribution is 0.0994. The second kappa shape index (κ2) is 12.0. The van der Waals surface area contributed by atoms with Gasteiger partial charge in [-0.3, -0.25) is 4.79 Å². The highest BCUT2D eigenvalue weighted by atomic mass is 79.9. The highest BCUT2D eigenvalue weighted by Gasteiger charge is 2.32. The van der Waals surface area contributed by atoms with Gasteiger partial charge in [0.05, 0.1) is 0 Å². The SMILES string of the molecule is O=C1CC=Cc2c(-c3ccc(C=C(c4ccccc4)c4ccccc4)cc3)cc3c(c21)Cc1c(-c2ccc(Br)cc2)ccc(Br)c1-3. The molecule has 0 saturated carbocycles. The molecule has 6 aromatic carbocycles. The van der Waals surface area contributed by atoms with Crippen molar-refractivity contribution in [2.45, 2.75) is 12.8 Å². The van der Waals surface area contributed by atoms with Crippen LogP contribution in [0, 0.1) is 0 Å². The monoisotopic (exact) mass is 718 g/mol. The smallest absolute Gasteiger partial charge is 0.167 e. The van der Waals surface area contributed by atoms with Crippen molar-refractivity contribution in [3.8, 4) is 33.4 Å². The fourth-order valence-electron chi connectivity index (χ4n) is 6.93. The number of carbonyl (C=O) groups excluding carboxylic acids is 1. The molecule has 3 heteroatoms. The van der Waals surface area contributed by atoms with E-state index in [9.17, 15) is 4.79 Å². The van der Waals surface area contributed by atoms with Crippen LogP contribution in [-0.4, -0.2) is 5.78 Å². The van der Waals surface area contributed by atoms with E-state index in [1.165, 1.54) is 39.0 Å². The predicted molar refractivity (Wildman–Crippen MR) is 199 cm³/mol. The molecule has 0 spiro atoms. The van der Waals surface area contributed by atoms with E-state index in [1.807, 2.05) is 6.08 Å². The topological polar surface area (TPSA) is 17.1 Å². The summed E-state index contributed by atoms with van der Waals surface area (Å²) in [6.07, 6.45) is 7.59. The highest BCUT2D eigenvalue weighted by molar-refractivity contribution is 9.10. The van der Waals surface area contributed by atoms with E-state index < -0.39 is 0 Å². The third-order valence-electron chi connectivity index (χ3n) is 9.08. The first-order valence-corrected chi connectivity index (χ1v) is 17.0. The molecule has 220 valence electrons. The lowest BCUT2D eigenvalue weighted by Gasteiger charge is -2.19. The molecule has 1 nitrogen and oxygen atoms in total. The molecule has 2 aliphatic rings. The van der Waals surface area contributed by atoms with Gasteiger partial charge in [-0.05, 0) is 97.1 Å². The van der Waals surface area contributed by atoms with Gasteiger partial charge in [0.15, 0.2) is 5.78 Å². The van der Waals surface area contributed by atoms with Crippen LogP contribution in [0.5, 0.6) is 0 Å². The van der Waals surface area contributed by atoms with E-state index in [0.29, 0.717) is 6.42 Å². The Kier molecular flexibility index (Phi) is 7.52. The molecule has 0 saturated heterocycles. The first-order valence-electron chi connectivity index (χ1n) is 15.5. The maximum atomic E-state index is 13.6. The number of hydrogen-bond acceptors (Lipinski definition) is 1. The zero-order chi connectivity index (χ0) is 31.2. The van der Waals surface area contributed by atoms with Crippen molar-refractivity contribution < 1.29 is 4.79 Å². The fourth-order valence-corrected chi connectivity index (χ4v) is 7.78. The van der Waals surface area contributed by atoms with Crippen molar-refractivity contribution >= 4 is 55.4 Å². The Balaban J connectivity index is 1.25. The minimum atomic E-state index is 0.194. The number of halogens is 2. The number of benzene rings is 6. The molecule has 0 aliphatic heterocycles. The maximum Gasteiger partial charge on any atom is 0.167 e. The van der Waals surface area contributed by atoms with Crippen LogP contribution in [0.2, 0.25) is 0 Å². The van der Waals surface area contributed by atoms with Gasteiger partial charge in [-0.15, -0.1) is 0 Å². The zero-order valence-corrected chi connectivity index (χ0v) is 28.1. The molecule has 0 bridgehead atoms. The van der Waals surface area contributed by atoms with Gasteiger partial charge in [0.2, 0.25) is 0 Å². The second-order valence-electron chi connectivity index (χ2n) is 11.8. The Bertz CT molecular complexity index is 2150. The van der Waals surface area contributed by atoms with Gasteiger partial charge in [0.25, 0.3) is 0 Å². The van der Waals surface area contributed by atoms with E-state index in [4.69, 9.17) is 0 Å². The molecule has 0 radical (unpaired) electrons. The second-order valence-corrected chi connectivity index (χ2v) is 13.6. The van der Waals surface area contributed by atoms with Crippen molar-refractivity contribution in [2.24, 2.45) is 0 Å². The van der Waals surface area contributed by atoms with Gasteiger partial charge in [-0.1, -0.05) is 147 Å². The van der Waals surface area contributed by atoms with Crippen LogP contribution < -0.4 is 0 Å². The third kappa shape index (κ3) is 5.14. The summed E-state index contributed by atoms with van der Waals surface area (Å²) >= 11 is 7.46. The zero-order valence-electron chi connectivity index (χ0n) is 24.9. The number of Topliss-reactive ketones (excluding diaryl/α,β-unsaturated/α-hetero) is 1. The molecule has 0 atom stereocenters. The molecule has 0 N–H and O–H groups in total. The van der Waals surface area contributed by atoms with Crippen LogP contribution in [0.3, 0.4) is 0 Å². The Morgan fingerprint density at radius 1 is 0.609 bits per heavy atom. The number of allylic oxidation sites excluding steroid dienone is 1. The molecule has 0 aromatic heterocycles. The van der Waals surface area contributed by atoms with Crippen LogP contribution in [0.15, 0.2) is 142 Å². The van der Waals surface area contributed by atoms with Crippen LogP contribution in [0.4, 0.5) is 0 Å². The average Bonchev–Trinajstić information content (AvgIpc) is 3.49. The fraction of sp³-hybridized carbons (Fsp3) is 0.0465. The number of rotatable bonds is 5. The highest BCUT2D eigenvalue weighted by Crippen LogP contribution is 2.50. The van der Waals surface area contributed by atoms with Gasteiger partial charge in [-0.25, -0.2) is 0 Å².